The van der Waals surface area contributed by atoms with Crippen LogP contribution in [0.2, 0.25) is 0 Å². The van der Waals surface area contributed by atoms with E-state index in [9.17, 15) is 9.18 Å². The molecule has 1 amide bonds. The van der Waals surface area contributed by atoms with Gasteiger partial charge in [-0.25, -0.2) is 9.37 Å². The molecule has 0 bridgehead atoms. The van der Waals surface area contributed by atoms with E-state index in [1.807, 2.05) is 35.0 Å². The van der Waals surface area contributed by atoms with Crippen LogP contribution >= 0.6 is 0 Å². The fourth-order valence-electron chi connectivity index (χ4n) is 3.57. The zero-order valence-electron chi connectivity index (χ0n) is 16.8. The molecule has 1 N–H and O–H groups in total. The number of halogens is 1. The fourth-order valence-corrected chi connectivity index (χ4v) is 3.57. The third kappa shape index (κ3) is 4.60. The Labute approximate surface area is 174 Å². The summed E-state index contributed by atoms with van der Waals surface area (Å²) in [6, 6.07) is 13.8. The van der Waals surface area contributed by atoms with Crippen LogP contribution in [-0.2, 0) is 4.79 Å². The highest BCUT2D eigenvalue weighted by atomic mass is 19.1. The number of carbonyl (C=O) groups is 1. The lowest BCUT2D eigenvalue weighted by Gasteiger charge is -2.35. The summed E-state index contributed by atoms with van der Waals surface area (Å²) in [5.74, 6) is 1.15. The summed E-state index contributed by atoms with van der Waals surface area (Å²) in [4.78, 5) is 21.1. The van der Waals surface area contributed by atoms with Gasteiger partial charge in [0.15, 0.2) is 0 Å². The second kappa shape index (κ2) is 8.96. The fraction of sp³-hybridized carbons (Fsp3) is 0.273. The molecular formula is C22H24FN5O2. The Morgan fingerprint density at radius 2 is 1.93 bits per heavy atom. The number of ether oxygens (including phenoxy) is 1. The van der Waals surface area contributed by atoms with Crippen molar-refractivity contribution in [1.82, 2.24) is 14.5 Å². The van der Waals surface area contributed by atoms with Crippen LogP contribution in [-0.4, -0.2) is 60.2 Å². The molecule has 1 fully saturated rings. The van der Waals surface area contributed by atoms with Crippen molar-refractivity contribution in [3.63, 3.8) is 0 Å². The van der Waals surface area contributed by atoms with E-state index in [2.05, 4.69) is 20.1 Å². The molecule has 30 heavy (non-hydrogen) atoms. The summed E-state index contributed by atoms with van der Waals surface area (Å²) < 4.78 is 20.6. The van der Waals surface area contributed by atoms with Crippen LogP contribution in [0, 0.1) is 5.82 Å². The Bertz CT molecular complexity index is 1010. The number of piperazine rings is 1. The SMILES string of the molecule is COc1cccc(-n2ccnc2N2CCN(CC(=O)Nc3cccc(F)c3)CC2)c1. The van der Waals surface area contributed by atoms with Gasteiger partial charge in [0.1, 0.15) is 11.6 Å². The number of rotatable bonds is 6. The largest absolute Gasteiger partial charge is 0.497 e. The minimum atomic E-state index is -0.368. The number of hydrogen-bond acceptors (Lipinski definition) is 5. The van der Waals surface area contributed by atoms with Crippen LogP contribution in [0.3, 0.4) is 0 Å². The molecule has 4 rings (SSSR count). The van der Waals surface area contributed by atoms with Crippen LogP contribution in [0.4, 0.5) is 16.0 Å². The van der Waals surface area contributed by atoms with Gasteiger partial charge < -0.3 is 15.0 Å². The van der Waals surface area contributed by atoms with Gasteiger partial charge >= 0.3 is 0 Å². The van der Waals surface area contributed by atoms with Crippen LogP contribution in [0.25, 0.3) is 5.69 Å². The number of amides is 1. The third-order valence-electron chi connectivity index (χ3n) is 5.08. The maximum atomic E-state index is 13.3. The Morgan fingerprint density at radius 3 is 2.70 bits per heavy atom. The van der Waals surface area contributed by atoms with Gasteiger partial charge in [0, 0.05) is 50.3 Å². The predicted octanol–water partition coefficient (Wildman–Crippen LogP) is 2.78. The molecule has 2 heterocycles. The number of hydrogen-bond donors (Lipinski definition) is 1. The van der Waals surface area contributed by atoms with Gasteiger partial charge in [-0.15, -0.1) is 0 Å². The quantitative estimate of drug-likeness (QED) is 0.678. The number of carbonyl (C=O) groups excluding carboxylic acids is 1. The Kier molecular flexibility index (Phi) is 5.94. The highest BCUT2D eigenvalue weighted by molar-refractivity contribution is 5.92. The monoisotopic (exact) mass is 409 g/mol. The van der Waals surface area contributed by atoms with E-state index in [0.29, 0.717) is 5.69 Å². The molecule has 3 aromatic rings. The first-order valence-corrected chi connectivity index (χ1v) is 9.83. The first-order chi connectivity index (χ1) is 14.6. The summed E-state index contributed by atoms with van der Waals surface area (Å²) in [5.41, 5.74) is 1.46. The molecule has 1 saturated heterocycles. The zero-order chi connectivity index (χ0) is 20.9. The second-order valence-electron chi connectivity index (χ2n) is 7.12. The van der Waals surface area contributed by atoms with E-state index < -0.39 is 0 Å². The van der Waals surface area contributed by atoms with Crippen molar-refractivity contribution in [2.24, 2.45) is 0 Å². The number of imidazole rings is 1. The minimum Gasteiger partial charge on any atom is -0.497 e. The summed E-state index contributed by atoms with van der Waals surface area (Å²) in [6.45, 7) is 3.26. The molecule has 0 atom stereocenters. The van der Waals surface area contributed by atoms with Gasteiger partial charge in [-0.3, -0.25) is 14.3 Å². The van der Waals surface area contributed by atoms with Crippen molar-refractivity contribution < 1.29 is 13.9 Å². The van der Waals surface area contributed by atoms with Crippen LogP contribution in [0.1, 0.15) is 0 Å². The van der Waals surface area contributed by atoms with E-state index in [0.717, 1.165) is 43.6 Å². The molecule has 2 aromatic carbocycles. The van der Waals surface area contributed by atoms with Crippen molar-refractivity contribution in [3.05, 3.63) is 66.7 Å². The Morgan fingerprint density at radius 1 is 1.13 bits per heavy atom. The molecule has 1 aliphatic heterocycles. The maximum Gasteiger partial charge on any atom is 0.238 e. The van der Waals surface area contributed by atoms with E-state index in [4.69, 9.17) is 4.74 Å². The number of benzene rings is 2. The summed E-state index contributed by atoms with van der Waals surface area (Å²) in [5, 5.41) is 2.75. The Balaban J connectivity index is 1.35. The summed E-state index contributed by atoms with van der Waals surface area (Å²) in [6.07, 6.45) is 3.72. The molecule has 1 aromatic heterocycles. The number of nitrogens with zero attached hydrogens (tertiary/aromatic N) is 4. The smallest absolute Gasteiger partial charge is 0.238 e. The molecule has 0 spiro atoms. The number of anilines is 2. The van der Waals surface area contributed by atoms with Gasteiger partial charge in [-0.2, -0.15) is 0 Å². The van der Waals surface area contributed by atoms with Crippen LogP contribution in [0.15, 0.2) is 60.9 Å². The van der Waals surface area contributed by atoms with Gasteiger partial charge in [0.25, 0.3) is 0 Å². The second-order valence-corrected chi connectivity index (χ2v) is 7.12. The van der Waals surface area contributed by atoms with Gasteiger partial charge in [-0.1, -0.05) is 12.1 Å². The van der Waals surface area contributed by atoms with E-state index in [-0.39, 0.29) is 18.3 Å². The molecule has 7 nitrogen and oxygen atoms in total. The molecule has 0 aliphatic carbocycles. The molecule has 0 unspecified atom stereocenters. The van der Waals surface area contributed by atoms with E-state index in [1.165, 1.54) is 12.1 Å². The van der Waals surface area contributed by atoms with Crippen molar-refractivity contribution in [1.29, 1.82) is 0 Å². The average molecular weight is 409 g/mol. The molecule has 156 valence electrons. The first kappa shape index (κ1) is 19.9. The molecule has 8 heteroatoms. The lowest BCUT2D eigenvalue weighted by molar-refractivity contribution is -0.117. The predicted molar refractivity (Wildman–Crippen MR) is 114 cm³/mol. The lowest BCUT2D eigenvalue weighted by atomic mass is 10.3. The minimum absolute atomic E-state index is 0.146. The molecule has 0 saturated carbocycles. The van der Waals surface area contributed by atoms with Gasteiger partial charge in [-0.05, 0) is 30.3 Å². The van der Waals surface area contributed by atoms with Crippen LogP contribution < -0.4 is 15.0 Å². The number of nitrogens with one attached hydrogen (secondary N) is 1. The van der Waals surface area contributed by atoms with E-state index in [1.54, 1.807) is 25.4 Å². The van der Waals surface area contributed by atoms with Crippen molar-refractivity contribution in [2.45, 2.75) is 0 Å². The number of aromatic nitrogens is 2. The van der Waals surface area contributed by atoms with E-state index >= 15 is 0 Å². The first-order valence-electron chi connectivity index (χ1n) is 9.83. The summed E-state index contributed by atoms with van der Waals surface area (Å²) >= 11 is 0. The normalized spacial score (nSPS) is 14.5. The average Bonchev–Trinajstić information content (AvgIpc) is 3.24. The van der Waals surface area contributed by atoms with Gasteiger partial charge in [0.05, 0.1) is 19.3 Å². The lowest BCUT2D eigenvalue weighted by Crippen LogP contribution is -2.49. The zero-order valence-corrected chi connectivity index (χ0v) is 16.8. The Hall–Kier alpha value is -3.39. The van der Waals surface area contributed by atoms with Gasteiger partial charge in [0.2, 0.25) is 11.9 Å². The summed E-state index contributed by atoms with van der Waals surface area (Å²) in [7, 11) is 1.65. The topological polar surface area (TPSA) is 62.6 Å². The standard InChI is InChI=1S/C22H24FN5O2/c1-30-20-7-3-6-19(15-20)28-9-8-24-22(28)27-12-10-26(11-13-27)16-21(29)25-18-5-2-4-17(23)14-18/h2-9,14-15H,10-13,16H2,1H3,(H,25,29). The molecule has 1 aliphatic rings. The maximum absolute atomic E-state index is 13.3. The van der Waals surface area contributed by atoms with Crippen molar-refractivity contribution >= 4 is 17.5 Å². The highest BCUT2D eigenvalue weighted by Crippen LogP contribution is 2.22. The van der Waals surface area contributed by atoms with Crippen molar-refractivity contribution in [2.75, 3.05) is 50.1 Å². The van der Waals surface area contributed by atoms with Crippen molar-refractivity contribution in [3.8, 4) is 11.4 Å². The van der Waals surface area contributed by atoms with Crippen LogP contribution in [0.5, 0.6) is 5.75 Å². The third-order valence-corrected chi connectivity index (χ3v) is 5.08. The highest BCUT2D eigenvalue weighted by Gasteiger charge is 2.22. The molecular weight excluding hydrogens is 385 g/mol. The molecule has 0 radical (unpaired) electrons. The number of methoxy groups -OCH3 is 1.